The van der Waals surface area contributed by atoms with Gasteiger partial charge in [-0.15, -0.1) is 0 Å². The monoisotopic (exact) mass is 172 g/mol. The van der Waals surface area contributed by atoms with Crippen LogP contribution < -0.4 is 0 Å². The number of carbonyl (C=O) groups is 1. The number of hydrogen-bond acceptors (Lipinski definition) is 1. The number of unbranched alkanes of at least 4 members (excludes halogenated alkanes) is 1. The lowest BCUT2D eigenvalue weighted by molar-refractivity contribution is -0.143. The van der Waals surface area contributed by atoms with Crippen molar-refractivity contribution in [3.63, 3.8) is 0 Å². The molecule has 0 aliphatic rings. The van der Waals surface area contributed by atoms with E-state index in [0.717, 1.165) is 25.7 Å². The predicted molar refractivity (Wildman–Crippen MR) is 50.1 cm³/mol. The molecule has 0 saturated carbocycles. The Labute approximate surface area is 75.0 Å². The fraction of sp³-hybridized carbons (Fsp3) is 0.900. The molecule has 0 rings (SSSR count). The van der Waals surface area contributed by atoms with Gasteiger partial charge in [0.2, 0.25) is 0 Å². The Morgan fingerprint density at radius 3 is 2.33 bits per heavy atom. The highest BCUT2D eigenvalue weighted by Crippen LogP contribution is 2.21. The van der Waals surface area contributed by atoms with Gasteiger partial charge < -0.3 is 5.11 Å². The Morgan fingerprint density at radius 2 is 2.00 bits per heavy atom. The summed E-state index contributed by atoms with van der Waals surface area (Å²) < 4.78 is 0. The zero-order valence-corrected chi connectivity index (χ0v) is 8.34. The summed E-state index contributed by atoms with van der Waals surface area (Å²) in [4.78, 5) is 10.8. The Hall–Kier alpha value is -0.530. The minimum atomic E-state index is -0.627. The Balaban J connectivity index is 3.94. The van der Waals surface area contributed by atoms with E-state index in [2.05, 4.69) is 6.92 Å². The molecule has 2 nitrogen and oxygen atoms in total. The fourth-order valence-electron chi connectivity index (χ4n) is 1.36. The second kappa shape index (κ2) is 6.04. The third kappa shape index (κ3) is 3.74. The summed E-state index contributed by atoms with van der Waals surface area (Å²) in [5.74, 6) is -0.443. The molecular formula is C10H20O2. The van der Waals surface area contributed by atoms with Crippen LogP contribution in [0, 0.1) is 11.8 Å². The van der Waals surface area contributed by atoms with Gasteiger partial charge in [0.25, 0.3) is 0 Å². The predicted octanol–water partition coefficient (Wildman–Crippen LogP) is 2.92. The first kappa shape index (κ1) is 11.5. The summed E-state index contributed by atoms with van der Waals surface area (Å²) >= 11 is 0. The summed E-state index contributed by atoms with van der Waals surface area (Å²) in [7, 11) is 0. The van der Waals surface area contributed by atoms with E-state index in [1.54, 1.807) is 0 Å². The lowest BCUT2D eigenvalue weighted by Crippen LogP contribution is -2.21. The summed E-state index contributed by atoms with van der Waals surface area (Å²) in [6.07, 6.45) is 3.91. The molecule has 0 heterocycles. The lowest BCUT2D eigenvalue weighted by atomic mass is 9.88. The molecule has 0 aliphatic carbocycles. The van der Waals surface area contributed by atoms with Crippen molar-refractivity contribution >= 4 is 5.97 Å². The summed E-state index contributed by atoms with van der Waals surface area (Å²) in [5.41, 5.74) is 0. The van der Waals surface area contributed by atoms with Gasteiger partial charge in [0.05, 0.1) is 5.92 Å². The molecule has 0 bridgehead atoms. The molecule has 0 unspecified atom stereocenters. The maximum absolute atomic E-state index is 10.8. The number of rotatable bonds is 6. The minimum Gasteiger partial charge on any atom is -0.481 e. The topological polar surface area (TPSA) is 37.3 Å². The van der Waals surface area contributed by atoms with Crippen molar-refractivity contribution in [2.75, 3.05) is 0 Å². The second-order valence-electron chi connectivity index (χ2n) is 3.47. The molecular weight excluding hydrogens is 152 g/mol. The van der Waals surface area contributed by atoms with Crippen LogP contribution in [-0.2, 0) is 4.79 Å². The minimum absolute atomic E-state index is 0.130. The molecule has 72 valence electrons. The van der Waals surface area contributed by atoms with Crippen LogP contribution in [0.2, 0.25) is 0 Å². The van der Waals surface area contributed by atoms with E-state index in [9.17, 15) is 4.79 Å². The van der Waals surface area contributed by atoms with E-state index in [4.69, 9.17) is 5.11 Å². The standard InChI is InChI=1S/C10H20O2/c1-4-6-7-9(10(11)12)8(3)5-2/h8-9H,4-7H2,1-3H3,(H,11,12)/t8-,9+/m1/s1. The maximum Gasteiger partial charge on any atom is 0.306 e. The van der Waals surface area contributed by atoms with Gasteiger partial charge in [0, 0.05) is 0 Å². The number of carboxylic acid groups (broad SMARTS) is 1. The maximum atomic E-state index is 10.8. The molecule has 2 heteroatoms. The van der Waals surface area contributed by atoms with E-state index in [0.29, 0.717) is 5.92 Å². The van der Waals surface area contributed by atoms with Gasteiger partial charge >= 0.3 is 5.97 Å². The molecule has 0 amide bonds. The van der Waals surface area contributed by atoms with Crippen molar-refractivity contribution in [2.45, 2.75) is 46.5 Å². The summed E-state index contributed by atoms with van der Waals surface area (Å²) in [6.45, 7) is 6.16. The number of carboxylic acids is 1. The molecule has 0 saturated heterocycles. The Kier molecular flexibility index (Phi) is 5.77. The molecule has 0 fully saturated rings. The molecule has 1 N–H and O–H groups in total. The van der Waals surface area contributed by atoms with Gasteiger partial charge in [-0.25, -0.2) is 0 Å². The van der Waals surface area contributed by atoms with E-state index in [1.165, 1.54) is 0 Å². The van der Waals surface area contributed by atoms with Gasteiger partial charge in [-0.3, -0.25) is 4.79 Å². The molecule has 0 spiro atoms. The first-order valence-corrected chi connectivity index (χ1v) is 4.86. The van der Waals surface area contributed by atoms with E-state index < -0.39 is 5.97 Å². The largest absolute Gasteiger partial charge is 0.481 e. The highest BCUT2D eigenvalue weighted by molar-refractivity contribution is 5.70. The quantitative estimate of drug-likeness (QED) is 0.668. The van der Waals surface area contributed by atoms with Gasteiger partial charge in [-0.1, -0.05) is 40.0 Å². The smallest absolute Gasteiger partial charge is 0.306 e. The zero-order valence-electron chi connectivity index (χ0n) is 8.34. The molecule has 12 heavy (non-hydrogen) atoms. The van der Waals surface area contributed by atoms with Gasteiger partial charge in [-0.05, 0) is 12.3 Å². The zero-order chi connectivity index (χ0) is 9.56. The normalized spacial score (nSPS) is 15.6. The average molecular weight is 172 g/mol. The SMILES string of the molecule is CCCC[C@H](C(=O)O)[C@H](C)CC. The Bertz CT molecular complexity index is 132. The van der Waals surface area contributed by atoms with Crippen LogP contribution in [-0.4, -0.2) is 11.1 Å². The van der Waals surface area contributed by atoms with Crippen LogP contribution in [0.4, 0.5) is 0 Å². The summed E-state index contributed by atoms with van der Waals surface area (Å²) in [6, 6.07) is 0. The third-order valence-electron chi connectivity index (χ3n) is 2.52. The van der Waals surface area contributed by atoms with Crippen molar-refractivity contribution in [1.82, 2.24) is 0 Å². The first-order chi connectivity index (χ1) is 5.63. The van der Waals surface area contributed by atoms with Gasteiger partial charge in [-0.2, -0.15) is 0 Å². The highest BCUT2D eigenvalue weighted by atomic mass is 16.4. The third-order valence-corrected chi connectivity index (χ3v) is 2.52. The highest BCUT2D eigenvalue weighted by Gasteiger charge is 2.22. The number of hydrogen-bond donors (Lipinski definition) is 1. The fourth-order valence-corrected chi connectivity index (χ4v) is 1.36. The van der Waals surface area contributed by atoms with Crippen LogP contribution in [0.3, 0.4) is 0 Å². The van der Waals surface area contributed by atoms with Crippen LogP contribution >= 0.6 is 0 Å². The van der Waals surface area contributed by atoms with Crippen molar-refractivity contribution in [3.8, 4) is 0 Å². The van der Waals surface area contributed by atoms with Crippen molar-refractivity contribution < 1.29 is 9.90 Å². The van der Waals surface area contributed by atoms with Crippen molar-refractivity contribution in [2.24, 2.45) is 11.8 Å². The Morgan fingerprint density at radius 1 is 1.42 bits per heavy atom. The average Bonchev–Trinajstić information content (AvgIpc) is 2.04. The molecule has 0 aromatic carbocycles. The van der Waals surface area contributed by atoms with Crippen molar-refractivity contribution in [3.05, 3.63) is 0 Å². The molecule has 0 radical (unpaired) electrons. The van der Waals surface area contributed by atoms with Crippen LogP contribution in [0.25, 0.3) is 0 Å². The van der Waals surface area contributed by atoms with E-state index in [1.807, 2.05) is 13.8 Å². The van der Waals surface area contributed by atoms with Crippen LogP contribution in [0.1, 0.15) is 46.5 Å². The first-order valence-electron chi connectivity index (χ1n) is 4.86. The van der Waals surface area contributed by atoms with Crippen LogP contribution in [0.15, 0.2) is 0 Å². The molecule has 0 aromatic heterocycles. The second-order valence-corrected chi connectivity index (χ2v) is 3.47. The van der Waals surface area contributed by atoms with Gasteiger partial charge in [0.15, 0.2) is 0 Å². The molecule has 0 aromatic rings. The molecule has 0 aliphatic heterocycles. The van der Waals surface area contributed by atoms with Crippen LogP contribution in [0.5, 0.6) is 0 Å². The van der Waals surface area contributed by atoms with Crippen molar-refractivity contribution in [1.29, 1.82) is 0 Å². The molecule has 2 atom stereocenters. The summed E-state index contributed by atoms with van der Waals surface area (Å²) in [5, 5.41) is 8.90. The van der Waals surface area contributed by atoms with E-state index in [-0.39, 0.29) is 5.92 Å². The lowest BCUT2D eigenvalue weighted by Gasteiger charge is -2.17. The number of aliphatic carboxylic acids is 1. The van der Waals surface area contributed by atoms with Gasteiger partial charge in [0.1, 0.15) is 0 Å². The van der Waals surface area contributed by atoms with E-state index >= 15 is 0 Å².